The number of pyridine rings is 1. The average molecular weight is 293 g/mol. The van der Waals surface area contributed by atoms with E-state index in [1.54, 1.807) is 6.20 Å². The highest BCUT2D eigenvalue weighted by Crippen LogP contribution is 2.29. The van der Waals surface area contributed by atoms with Crippen LogP contribution < -0.4 is 10.1 Å². The number of nitrogens with one attached hydrogen (secondary N) is 1. The zero-order valence-corrected chi connectivity index (χ0v) is 13.0. The molecule has 112 valence electrons. The van der Waals surface area contributed by atoms with E-state index >= 15 is 0 Å². The Bertz CT molecular complexity index is 727. The number of fused-ring (bicyclic) bond motifs is 1. The van der Waals surface area contributed by atoms with E-state index in [1.807, 2.05) is 48.5 Å². The Balaban J connectivity index is 2.10. The topological polar surface area (TPSA) is 46.5 Å². The van der Waals surface area contributed by atoms with E-state index in [9.17, 15) is 0 Å². The summed E-state index contributed by atoms with van der Waals surface area (Å²) in [5, 5.41) is 3.30. The summed E-state index contributed by atoms with van der Waals surface area (Å²) in [6.07, 6.45) is 3.64. The van der Waals surface area contributed by atoms with E-state index in [-0.39, 0.29) is 5.54 Å². The number of aliphatic imine (C=N–C) groups is 1. The molecule has 3 rings (SSSR count). The van der Waals surface area contributed by atoms with Crippen molar-refractivity contribution >= 4 is 17.3 Å². The van der Waals surface area contributed by atoms with Crippen LogP contribution in [0.2, 0.25) is 0 Å². The van der Waals surface area contributed by atoms with Crippen molar-refractivity contribution in [2.45, 2.75) is 26.3 Å². The van der Waals surface area contributed by atoms with E-state index in [2.05, 4.69) is 31.1 Å². The molecule has 0 atom stereocenters. The second-order valence-electron chi connectivity index (χ2n) is 6.13. The maximum absolute atomic E-state index is 5.99. The Labute approximate surface area is 130 Å². The fourth-order valence-electron chi connectivity index (χ4n) is 2.17. The second kappa shape index (κ2) is 5.64. The monoisotopic (exact) mass is 293 g/mol. The van der Waals surface area contributed by atoms with Crippen LogP contribution in [0.15, 0.2) is 59.7 Å². The lowest BCUT2D eigenvalue weighted by Crippen LogP contribution is -2.18. The van der Waals surface area contributed by atoms with Crippen LogP contribution in [0.1, 0.15) is 26.3 Å². The molecule has 0 saturated heterocycles. The van der Waals surface area contributed by atoms with Gasteiger partial charge in [0.2, 0.25) is 5.88 Å². The highest BCUT2D eigenvalue weighted by atomic mass is 16.5. The number of aromatic nitrogens is 1. The predicted octanol–water partition coefficient (Wildman–Crippen LogP) is 4.12. The lowest BCUT2D eigenvalue weighted by Gasteiger charge is -2.14. The number of ether oxygens (including phenoxy) is 1. The van der Waals surface area contributed by atoms with Gasteiger partial charge in [0, 0.05) is 17.8 Å². The number of anilines is 1. The van der Waals surface area contributed by atoms with Crippen LogP contribution in [-0.4, -0.2) is 16.4 Å². The quantitative estimate of drug-likeness (QED) is 0.860. The number of hydrogen-bond acceptors (Lipinski definition) is 3. The Kier molecular flexibility index (Phi) is 3.67. The number of nitrogens with zero attached hydrogens (tertiary/aromatic N) is 2. The SMILES string of the molecule is CC(C)(C)N=C1C=C(c2ccccc2)Oc2ncccc2N1. The number of benzene rings is 1. The molecule has 22 heavy (non-hydrogen) atoms. The number of hydrogen-bond donors (Lipinski definition) is 1. The van der Waals surface area contributed by atoms with E-state index in [4.69, 9.17) is 9.73 Å². The van der Waals surface area contributed by atoms with Gasteiger partial charge in [-0.2, -0.15) is 0 Å². The van der Waals surface area contributed by atoms with E-state index in [0.29, 0.717) is 5.88 Å². The van der Waals surface area contributed by atoms with Crippen LogP contribution >= 0.6 is 0 Å². The van der Waals surface area contributed by atoms with Crippen molar-refractivity contribution < 1.29 is 4.74 Å². The Morgan fingerprint density at radius 3 is 2.55 bits per heavy atom. The van der Waals surface area contributed by atoms with Gasteiger partial charge in [0.15, 0.2) is 0 Å². The van der Waals surface area contributed by atoms with Crippen LogP contribution in [-0.2, 0) is 0 Å². The molecule has 4 nitrogen and oxygen atoms in total. The molecule has 0 bridgehead atoms. The van der Waals surface area contributed by atoms with Crippen LogP contribution in [0.25, 0.3) is 5.76 Å². The van der Waals surface area contributed by atoms with Crippen molar-refractivity contribution in [2.75, 3.05) is 5.32 Å². The first-order valence-corrected chi connectivity index (χ1v) is 7.28. The van der Waals surface area contributed by atoms with Gasteiger partial charge >= 0.3 is 0 Å². The molecular formula is C18H19N3O. The molecule has 0 radical (unpaired) electrons. The summed E-state index contributed by atoms with van der Waals surface area (Å²) in [5.41, 5.74) is 1.62. The molecule has 1 aliphatic rings. The number of amidine groups is 1. The standard InChI is InChI=1S/C18H19N3O/c1-18(2,3)21-16-12-15(13-8-5-4-6-9-13)22-17-14(20-16)10-7-11-19-17/h4-12H,1-3H3,(H,20,21). The third kappa shape index (κ3) is 3.34. The van der Waals surface area contributed by atoms with Crippen molar-refractivity contribution in [1.29, 1.82) is 0 Å². The minimum absolute atomic E-state index is 0.187. The Hall–Kier alpha value is -2.62. The van der Waals surface area contributed by atoms with Gasteiger partial charge in [0.25, 0.3) is 0 Å². The first kappa shape index (κ1) is 14.3. The fraction of sp³-hybridized carbons (Fsp3) is 0.222. The van der Waals surface area contributed by atoms with Crippen molar-refractivity contribution in [3.05, 3.63) is 60.3 Å². The summed E-state index contributed by atoms with van der Waals surface area (Å²) < 4.78 is 5.99. The molecule has 0 spiro atoms. The van der Waals surface area contributed by atoms with Crippen molar-refractivity contribution in [1.82, 2.24) is 4.98 Å². The average Bonchev–Trinajstić information content (AvgIpc) is 2.65. The predicted molar refractivity (Wildman–Crippen MR) is 90.1 cm³/mol. The van der Waals surface area contributed by atoms with Crippen LogP contribution in [0, 0.1) is 0 Å². The van der Waals surface area contributed by atoms with Gasteiger partial charge in [0.1, 0.15) is 17.3 Å². The zero-order chi connectivity index (χ0) is 15.6. The van der Waals surface area contributed by atoms with Crippen LogP contribution in [0.4, 0.5) is 5.69 Å². The van der Waals surface area contributed by atoms with Gasteiger partial charge in [-0.1, -0.05) is 30.3 Å². The first-order valence-electron chi connectivity index (χ1n) is 7.28. The fourth-order valence-corrected chi connectivity index (χ4v) is 2.17. The third-order valence-electron chi connectivity index (χ3n) is 3.02. The highest BCUT2D eigenvalue weighted by molar-refractivity contribution is 6.09. The van der Waals surface area contributed by atoms with Crippen LogP contribution in [0.3, 0.4) is 0 Å². The minimum atomic E-state index is -0.187. The first-order chi connectivity index (χ1) is 10.5. The molecule has 0 aliphatic carbocycles. The van der Waals surface area contributed by atoms with Gasteiger partial charge < -0.3 is 10.1 Å². The molecule has 1 aromatic heterocycles. The van der Waals surface area contributed by atoms with Gasteiger partial charge in [0.05, 0.1) is 5.54 Å². The summed E-state index contributed by atoms with van der Waals surface area (Å²) in [7, 11) is 0. The lowest BCUT2D eigenvalue weighted by atomic mass is 10.1. The summed E-state index contributed by atoms with van der Waals surface area (Å²) in [4.78, 5) is 9.03. The molecule has 0 saturated carbocycles. The van der Waals surface area contributed by atoms with Crippen molar-refractivity contribution in [3.63, 3.8) is 0 Å². The summed E-state index contributed by atoms with van der Waals surface area (Å²) in [5.74, 6) is 2.04. The van der Waals surface area contributed by atoms with Crippen molar-refractivity contribution in [2.24, 2.45) is 4.99 Å². The molecule has 0 unspecified atom stereocenters. The normalized spacial score (nSPS) is 16.1. The Morgan fingerprint density at radius 1 is 1.05 bits per heavy atom. The van der Waals surface area contributed by atoms with Crippen molar-refractivity contribution in [3.8, 4) is 5.88 Å². The smallest absolute Gasteiger partial charge is 0.243 e. The molecule has 1 aliphatic heterocycles. The Morgan fingerprint density at radius 2 is 1.82 bits per heavy atom. The van der Waals surface area contributed by atoms with Gasteiger partial charge in [-0.15, -0.1) is 0 Å². The van der Waals surface area contributed by atoms with Gasteiger partial charge in [-0.25, -0.2) is 4.98 Å². The molecule has 1 N–H and O–H groups in total. The van der Waals surface area contributed by atoms with Crippen LogP contribution in [0.5, 0.6) is 5.88 Å². The zero-order valence-electron chi connectivity index (χ0n) is 13.0. The molecular weight excluding hydrogens is 274 g/mol. The molecule has 0 amide bonds. The highest BCUT2D eigenvalue weighted by Gasteiger charge is 2.18. The van der Waals surface area contributed by atoms with E-state index in [1.165, 1.54) is 0 Å². The number of rotatable bonds is 1. The summed E-state index contributed by atoms with van der Waals surface area (Å²) >= 11 is 0. The summed E-state index contributed by atoms with van der Waals surface area (Å²) in [6.45, 7) is 6.19. The minimum Gasteiger partial charge on any atom is -0.436 e. The summed E-state index contributed by atoms with van der Waals surface area (Å²) in [6, 6.07) is 13.8. The molecule has 4 heteroatoms. The van der Waals surface area contributed by atoms with E-state index in [0.717, 1.165) is 22.8 Å². The maximum atomic E-state index is 5.99. The lowest BCUT2D eigenvalue weighted by molar-refractivity contribution is 0.498. The van der Waals surface area contributed by atoms with Gasteiger partial charge in [-0.3, -0.25) is 4.99 Å². The largest absolute Gasteiger partial charge is 0.436 e. The molecule has 0 fully saturated rings. The van der Waals surface area contributed by atoms with Gasteiger partial charge in [-0.05, 0) is 32.9 Å². The third-order valence-corrected chi connectivity index (χ3v) is 3.02. The molecule has 2 aromatic rings. The van der Waals surface area contributed by atoms with E-state index < -0.39 is 0 Å². The maximum Gasteiger partial charge on any atom is 0.243 e. The molecule has 1 aromatic carbocycles. The second-order valence-corrected chi connectivity index (χ2v) is 6.13. The molecule has 2 heterocycles.